The molecule has 2 fully saturated rings. The van der Waals surface area contributed by atoms with Gasteiger partial charge in [0.2, 0.25) is 0 Å². The number of anilines is 1. The molecule has 0 spiro atoms. The summed E-state index contributed by atoms with van der Waals surface area (Å²) in [6, 6.07) is 14.5. The molecule has 210 valence electrons. The lowest BCUT2D eigenvalue weighted by atomic mass is 9.97. The van der Waals surface area contributed by atoms with E-state index < -0.39 is 0 Å². The molecule has 0 bridgehead atoms. The molecule has 2 aromatic carbocycles. The first-order valence-corrected chi connectivity index (χ1v) is 15.3. The molecule has 0 aliphatic carbocycles. The molecule has 6 rings (SSSR count). The first-order valence-electron chi connectivity index (χ1n) is 14.4. The van der Waals surface area contributed by atoms with Crippen molar-refractivity contribution in [2.24, 2.45) is 0 Å². The van der Waals surface area contributed by atoms with E-state index >= 15 is 0 Å². The zero-order chi connectivity index (χ0) is 27.6. The third-order valence-electron chi connectivity index (χ3n) is 8.35. The number of piperidine rings is 1. The van der Waals surface area contributed by atoms with E-state index in [1.165, 1.54) is 0 Å². The summed E-state index contributed by atoms with van der Waals surface area (Å²) in [6.07, 6.45) is 5.06. The second kappa shape index (κ2) is 11.7. The van der Waals surface area contributed by atoms with Gasteiger partial charge in [-0.15, -0.1) is 0 Å². The van der Waals surface area contributed by atoms with Crippen LogP contribution in [0.4, 0.5) is 5.69 Å². The lowest BCUT2D eigenvalue weighted by Crippen LogP contribution is -2.35. The first-order chi connectivity index (χ1) is 19.5. The highest BCUT2D eigenvalue weighted by Gasteiger charge is 2.30. The van der Waals surface area contributed by atoms with Gasteiger partial charge in [-0.05, 0) is 104 Å². The minimum Gasteiger partial charge on any atom is -0.488 e. The SMILES string of the molecule is CN1CCC(Oc2ccc(-c3n[nH]c4ccc(CC(=O)C(c5ccsc5)N5CCCC5)cc34)cc2N(C)C)CC1. The number of benzene rings is 2. The van der Waals surface area contributed by atoms with Gasteiger partial charge in [-0.25, -0.2) is 0 Å². The number of hydrogen-bond acceptors (Lipinski definition) is 7. The first kappa shape index (κ1) is 27.0. The summed E-state index contributed by atoms with van der Waals surface area (Å²) in [7, 11) is 6.27. The van der Waals surface area contributed by atoms with Crippen LogP contribution in [0.5, 0.6) is 5.75 Å². The average molecular weight is 558 g/mol. The van der Waals surface area contributed by atoms with E-state index in [0.717, 1.165) is 96.6 Å². The molecule has 2 aliphatic heterocycles. The van der Waals surface area contributed by atoms with Gasteiger partial charge >= 0.3 is 0 Å². The fraction of sp³-hybridized carbons (Fsp3) is 0.438. The van der Waals surface area contributed by atoms with Crippen molar-refractivity contribution in [3.8, 4) is 17.0 Å². The summed E-state index contributed by atoms with van der Waals surface area (Å²) in [5.74, 6) is 1.17. The molecule has 1 atom stereocenters. The normalized spacial score (nSPS) is 17.9. The van der Waals surface area contributed by atoms with Gasteiger partial charge in [0.25, 0.3) is 0 Å². The number of ketones is 1. The predicted molar refractivity (Wildman–Crippen MR) is 164 cm³/mol. The Morgan fingerprint density at radius 1 is 1.10 bits per heavy atom. The largest absolute Gasteiger partial charge is 0.488 e. The zero-order valence-corrected chi connectivity index (χ0v) is 24.5. The van der Waals surface area contributed by atoms with Crippen molar-refractivity contribution in [3.05, 3.63) is 64.4 Å². The third kappa shape index (κ3) is 5.66. The molecular weight excluding hydrogens is 518 g/mol. The number of carbonyl (C=O) groups is 1. The maximum absolute atomic E-state index is 13.7. The highest BCUT2D eigenvalue weighted by molar-refractivity contribution is 7.08. The number of thiophene rings is 1. The molecule has 4 heterocycles. The number of Topliss-reactive ketones (excluding diaryl/α,β-unsaturated/α-hetero) is 1. The van der Waals surface area contributed by atoms with Crippen LogP contribution in [0.3, 0.4) is 0 Å². The van der Waals surface area contributed by atoms with E-state index in [0.29, 0.717) is 6.42 Å². The molecule has 0 radical (unpaired) electrons. The lowest BCUT2D eigenvalue weighted by molar-refractivity contribution is -0.123. The molecule has 0 saturated carbocycles. The third-order valence-corrected chi connectivity index (χ3v) is 9.05. The monoisotopic (exact) mass is 557 g/mol. The molecule has 2 aromatic heterocycles. The van der Waals surface area contributed by atoms with Crippen LogP contribution < -0.4 is 9.64 Å². The highest BCUT2D eigenvalue weighted by Crippen LogP contribution is 2.36. The van der Waals surface area contributed by atoms with Crippen molar-refractivity contribution in [3.63, 3.8) is 0 Å². The number of nitrogens with zero attached hydrogens (tertiary/aromatic N) is 4. The summed E-state index contributed by atoms with van der Waals surface area (Å²) in [4.78, 5) is 20.5. The quantitative estimate of drug-likeness (QED) is 0.282. The molecule has 4 aromatic rings. The van der Waals surface area contributed by atoms with Crippen molar-refractivity contribution >= 4 is 33.7 Å². The van der Waals surface area contributed by atoms with Crippen molar-refractivity contribution < 1.29 is 9.53 Å². The molecule has 0 amide bonds. The number of likely N-dealkylation sites (tertiary alicyclic amines) is 2. The smallest absolute Gasteiger partial charge is 0.158 e. The summed E-state index contributed by atoms with van der Waals surface area (Å²) in [5.41, 5.74) is 6.09. The second-order valence-electron chi connectivity index (χ2n) is 11.5. The number of H-pyrrole nitrogens is 1. The molecule has 2 aliphatic rings. The van der Waals surface area contributed by atoms with Crippen LogP contribution in [0.2, 0.25) is 0 Å². The van der Waals surface area contributed by atoms with Crippen LogP contribution in [-0.4, -0.2) is 79.2 Å². The van der Waals surface area contributed by atoms with Gasteiger partial charge in [0.05, 0.1) is 22.9 Å². The Balaban J connectivity index is 1.26. The van der Waals surface area contributed by atoms with E-state index in [1.807, 2.05) is 6.07 Å². The van der Waals surface area contributed by atoms with Gasteiger partial charge in [0, 0.05) is 44.6 Å². The molecular formula is C32H39N5O2S. The van der Waals surface area contributed by atoms with E-state index in [2.05, 4.69) is 88.1 Å². The number of ether oxygens (including phenoxy) is 1. The molecule has 2 saturated heterocycles. The number of aromatic amines is 1. The van der Waals surface area contributed by atoms with Crippen LogP contribution in [-0.2, 0) is 11.2 Å². The van der Waals surface area contributed by atoms with Gasteiger partial charge in [0.15, 0.2) is 5.78 Å². The number of nitrogens with one attached hydrogen (secondary N) is 1. The Morgan fingerprint density at radius 2 is 1.90 bits per heavy atom. The van der Waals surface area contributed by atoms with E-state index in [9.17, 15) is 4.79 Å². The number of fused-ring (bicyclic) bond motifs is 1. The van der Waals surface area contributed by atoms with Crippen LogP contribution in [0.15, 0.2) is 53.2 Å². The maximum Gasteiger partial charge on any atom is 0.158 e. The van der Waals surface area contributed by atoms with Gasteiger partial charge in [0.1, 0.15) is 11.9 Å². The molecule has 1 N–H and O–H groups in total. The van der Waals surface area contributed by atoms with Gasteiger partial charge in [-0.2, -0.15) is 16.4 Å². The maximum atomic E-state index is 13.7. The Labute approximate surface area is 240 Å². The fourth-order valence-electron chi connectivity index (χ4n) is 6.12. The van der Waals surface area contributed by atoms with Crippen molar-refractivity contribution in [2.75, 3.05) is 52.2 Å². The Morgan fingerprint density at radius 3 is 2.62 bits per heavy atom. The lowest BCUT2D eigenvalue weighted by Gasteiger charge is -2.30. The number of rotatable bonds is 9. The van der Waals surface area contributed by atoms with Gasteiger partial charge < -0.3 is 14.5 Å². The second-order valence-corrected chi connectivity index (χ2v) is 12.3. The molecule has 1 unspecified atom stereocenters. The van der Waals surface area contributed by atoms with Crippen molar-refractivity contribution in [2.45, 2.75) is 44.2 Å². The number of hydrogen-bond donors (Lipinski definition) is 1. The van der Waals surface area contributed by atoms with E-state index in [1.54, 1.807) is 11.3 Å². The average Bonchev–Trinajstić information content (AvgIpc) is 3.73. The number of carbonyl (C=O) groups excluding carboxylic acids is 1. The van der Waals surface area contributed by atoms with Crippen molar-refractivity contribution in [1.29, 1.82) is 0 Å². The van der Waals surface area contributed by atoms with E-state index in [-0.39, 0.29) is 17.9 Å². The summed E-state index contributed by atoms with van der Waals surface area (Å²) in [6.45, 7) is 4.11. The van der Waals surface area contributed by atoms with Gasteiger partial charge in [-0.3, -0.25) is 14.8 Å². The van der Waals surface area contributed by atoms with E-state index in [4.69, 9.17) is 9.84 Å². The van der Waals surface area contributed by atoms with Crippen LogP contribution in [0.1, 0.15) is 42.9 Å². The topological polar surface area (TPSA) is 64.7 Å². The molecule has 8 heteroatoms. The number of aromatic nitrogens is 2. The minimum absolute atomic E-state index is 0.159. The van der Waals surface area contributed by atoms with Crippen LogP contribution in [0.25, 0.3) is 22.2 Å². The van der Waals surface area contributed by atoms with Crippen LogP contribution in [0, 0.1) is 0 Å². The van der Waals surface area contributed by atoms with Crippen LogP contribution >= 0.6 is 11.3 Å². The highest BCUT2D eigenvalue weighted by atomic mass is 32.1. The Hall–Kier alpha value is -3.20. The summed E-state index contributed by atoms with van der Waals surface area (Å²) < 4.78 is 6.48. The minimum atomic E-state index is -0.159. The molecule has 40 heavy (non-hydrogen) atoms. The molecule has 7 nitrogen and oxygen atoms in total. The standard InChI is InChI=1S/C32H39N5O2S/c1-35(2)28-20-23(7-9-30(28)39-25-10-15-36(3)16-11-25)31-26-18-22(6-8-27(26)33-34-31)19-29(38)32(24-12-17-40-21-24)37-13-4-5-14-37/h6-9,12,17-18,20-21,25,32H,4-5,10-11,13-16,19H2,1-3H3,(H,33,34). The van der Waals surface area contributed by atoms with Gasteiger partial charge in [-0.1, -0.05) is 6.07 Å². The summed E-state index contributed by atoms with van der Waals surface area (Å²) in [5, 5.41) is 13.1. The Bertz CT molecular complexity index is 1450. The summed E-state index contributed by atoms with van der Waals surface area (Å²) >= 11 is 1.66. The predicted octanol–water partition coefficient (Wildman–Crippen LogP) is 5.78. The van der Waals surface area contributed by atoms with Crippen molar-refractivity contribution in [1.82, 2.24) is 20.0 Å². The Kier molecular flexibility index (Phi) is 7.91. The zero-order valence-electron chi connectivity index (χ0n) is 23.7. The fourth-order valence-corrected chi connectivity index (χ4v) is 6.79.